The molecule has 1 atom stereocenters. The van der Waals surface area contributed by atoms with Crippen LogP contribution in [0.5, 0.6) is 0 Å². The summed E-state index contributed by atoms with van der Waals surface area (Å²) in [7, 11) is -3.84. The quantitative estimate of drug-likeness (QED) is 0.877. The summed E-state index contributed by atoms with van der Waals surface area (Å²) in [5, 5.41) is 5.86. The minimum atomic E-state index is -3.84. The molecule has 1 aromatic carbocycles. The molecule has 2 heterocycles. The summed E-state index contributed by atoms with van der Waals surface area (Å²) in [6.07, 6.45) is 1.62. The van der Waals surface area contributed by atoms with Crippen molar-refractivity contribution in [1.82, 2.24) is 10.5 Å². The maximum atomic E-state index is 11.9. The van der Waals surface area contributed by atoms with E-state index in [4.69, 9.17) is 9.98 Å². The van der Waals surface area contributed by atoms with E-state index in [9.17, 15) is 8.42 Å². The molecule has 0 amide bonds. The van der Waals surface area contributed by atoms with Gasteiger partial charge in [0.15, 0.2) is 0 Å². The Bertz CT molecular complexity index is 859. The molecule has 6 nitrogen and oxygen atoms in total. The van der Waals surface area contributed by atoms with Gasteiger partial charge in [0.1, 0.15) is 5.76 Å². The highest BCUT2D eigenvalue weighted by molar-refractivity contribution is 7.89. The summed E-state index contributed by atoms with van der Waals surface area (Å²) in [5.74, 6) is 0.707. The zero-order chi connectivity index (χ0) is 15.2. The number of nitrogens with one attached hydrogen (secondary N) is 1. The van der Waals surface area contributed by atoms with E-state index in [0.717, 1.165) is 11.1 Å². The molecule has 0 saturated heterocycles. The van der Waals surface area contributed by atoms with Crippen LogP contribution in [0, 0.1) is 0 Å². The lowest BCUT2D eigenvalue weighted by molar-refractivity contribution is 0.122. The first-order valence-electron chi connectivity index (χ1n) is 6.43. The van der Waals surface area contributed by atoms with E-state index in [1.54, 1.807) is 24.4 Å². The van der Waals surface area contributed by atoms with E-state index < -0.39 is 10.0 Å². The maximum absolute atomic E-state index is 11.9. The maximum Gasteiger partial charge on any atom is 0.238 e. The molecule has 3 N–H and O–H groups in total. The second-order valence-electron chi connectivity index (χ2n) is 5.00. The molecule has 1 unspecified atom stereocenters. The zero-order valence-electron chi connectivity index (χ0n) is 11.6. The summed E-state index contributed by atoms with van der Waals surface area (Å²) in [4.78, 5) is 9.60. The molecule has 0 bridgehead atoms. The third-order valence-electron chi connectivity index (χ3n) is 3.50. The van der Waals surface area contributed by atoms with E-state index in [-0.39, 0.29) is 10.9 Å². The van der Waals surface area contributed by atoms with Crippen molar-refractivity contribution in [1.29, 1.82) is 0 Å². The zero-order valence-corrected chi connectivity index (χ0v) is 12.4. The molecule has 0 radical (unpaired) electrons. The summed E-state index contributed by atoms with van der Waals surface area (Å²) in [6.45, 7) is 3.76. The molecule has 1 aromatic heterocycles. The van der Waals surface area contributed by atoms with Gasteiger partial charge in [-0.25, -0.2) is 13.6 Å². The Morgan fingerprint density at radius 1 is 1.38 bits per heavy atom. The van der Waals surface area contributed by atoms with Gasteiger partial charge in [0.2, 0.25) is 10.0 Å². The van der Waals surface area contributed by atoms with E-state index in [1.165, 1.54) is 0 Å². The topological polar surface area (TPSA) is 94.3 Å². The van der Waals surface area contributed by atoms with Crippen molar-refractivity contribution in [2.45, 2.75) is 24.8 Å². The van der Waals surface area contributed by atoms with Crippen LogP contribution in [0.3, 0.4) is 0 Å². The second-order valence-corrected chi connectivity index (χ2v) is 6.53. The lowest BCUT2D eigenvalue weighted by Crippen LogP contribution is -2.19. The summed E-state index contributed by atoms with van der Waals surface area (Å²) < 4.78 is 23.7. The number of aromatic nitrogens is 1. The Morgan fingerprint density at radius 3 is 2.76 bits per heavy atom. The molecule has 110 valence electrons. The van der Waals surface area contributed by atoms with Gasteiger partial charge in [0.25, 0.3) is 0 Å². The van der Waals surface area contributed by atoms with Crippen LogP contribution in [0.15, 0.2) is 41.1 Å². The first-order valence-corrected chi connectivity index (χ1v) is 7.97. The number of pyridine rings is 1. The van der Waals surface area contributed by atoms with Gasteiger partial charge in [-0.05, 0) is 43.7 Å². The minimum Gasteiger partial charge on any atom is -0.413 e. The SMILES string of the molecule is CC1=C(c2cc(S(N)(=O)=O)c3cccnc3c2)C(C)NO1. The van der Waals surface area contributed by atoms with Crippen molar-refractivity contribution in [3.05, 3.63) is 41.8 Å². The largest absolute Gasteiger partial charge is 0.413 e. The number of benzene rings is 1. The number of primary sulfonamides is 1. The highest BCUT2D eigenvalue weighted by Crippen LogP contribution is 2.32. The van der Waals surface area contributed by atoms with E-state index in [2.05, 4.69) is 10.5 Å². The van der Waals surface area contributed by atoms with Gasteiger partial charge < -0.3 is 4.84 Å². The average molecular weight is 305 g/mol. The molecule has 3 rings (SSSR count). The molecule has 7 heteroatoms. The van der Waals surface area contributed by atoms with Crippen LogP contribution < -0.4 is 10.6 Å². The molecule has 2 aromatic rings. The first kappa shape index (κ1) is 14.0. The molecule has 21 heavy (non-hydrogen) atoms. The minimum absolute atomic E-state index is 0.0421. The summed E-state index contributed by atoms with van der Waals surface area (Å²) >= 11 is 0. The number of allylic oxidation sites excluding steroid dienone is 1. The molecule has 0 spiro atoms. The Hall–Kier alpha value is -1.96. The predicted octanol–water partition coefficient (Wildman–Crippen LogP) is 1.54. The van der Waals surface area contributed by atoms with Crippen LogP contribution in [0.25, 0.3) is 16.5 Å². The van der Waals surface area contributed by atoms with Crippen LogP contribution in [-0.2, 0) is 14.9 Å². The van der Waals surface area contributed by atoms with Gasteiger partial charge in [-0.15, -0.1) is 5.48 Å². The number of nitrogens with two attached hydrogens (primary N) is 1. The Morgan fingerprint density at radius 2 is 2.14 bits per heavy atom. The number of sulfonamides is 1. The van der Waals surface area contributed by atoms with Crippen molar-refractivity contribution < 1.29 is 13.3 Å². The van der Waals surface area contributed by atoms with Crippen molar-refractivity contribution in [2.24, 2.45) is 5.14 Å². The van der Waals surface area contributed by atoms with Gasteiger partial charge >= 0.3 is 0 Å². The van der Waals surface area contributed by atoms with E-state index >= 15 is 0 Å². The van der Waals surface area contributed by atoms with Crippen molar-refractivity contribution in [3.63, 3.8) is 0 Å². The normalized spacial score (nSPS) is 19.1. The van der Waals surface area contributed by atoms with Gasteiger partial charge in [0, 0.05) is 17.2 Å². The third-order valence-corrected chi connectivity index (χ3v) is 4.45. The van der Waals surface area contributed by atoms with Gasteiger partial charge in [-0.2, -0.15) is 0 Å². The van der Waals surface area contributed by atoms with E-state index in [0.29, 0.717) is 16.7 Å². The number of rotatable bonds is 2. The fourth-order valence-corrected chi connectivity index (χ4v) is 3.36. The number of hydrogen-bond acceptors (Lipinski definition) is 5. The lowest BCUT2D eigenvalue weighted by Gasteiger charge is -2.11. The molecule has 0 aliphatic carbocycles. The number of fused-ring (bicyclic) bond motifs is 1. The molecule has 0 saturated carbocycles. The summed E-state index contributed by atoms with van der Waals surface area (Å²) in [6, 6.07) is 6.75. The molecule has 1 aliphatic rings. The van der Waals surface area contributed by atoms with Crippen LogP contribution in [-0.4, -0.2) is 19.4 Å². The fourth-order valence-electron chi connectivity index (χ4n) is 2.59. The van der Waals surface area contributed by atoms with Gasteiger partial charge in [-0.3, -0.25) is 4.98 Å². The van der Waals surface area contributed by atoms with E-state index in [1.807, 2.05) is 19.9 Å². The Kier molecular flexibility index (Phi) is 3.20. The second kappa shape index (κ2) is 4.80. The van der Waals surface area contributed by atoms with Crippen LogP contribution in [0.2, 0.25) is 0 Å². The molecule has 0 fully saturated rings. The molecule has 1 aliphatic heterocycles. The van der Waals surface area contributed by atoms with Crippen molar-refractivity contribution >= 4 is 26.5 Å². The van der Waals surface area contributed by atoms with Crippen molar-refractivity contribution in [3.8, 4) is 0 Å². The third kappa shape index (κ3) is 2.39. The van der Waals surface area contributed by atoms with Crippen LogP contribution in [0.4, 0.5) is 0 Å². The lowest BCUT2D eigenvalue weighted by atomic mass is 9.98. The van der Waals surface area contributed by atoms with Crippen LogP contribution >= 0.6 is 0 Å². The highest BCUT2D eigenvalue weighted by Gasteiger charge is 2.24. The molecular formula is C14H15N3O3S. The molecular weight excluding hydrogens is 290 g/mol. The van der Waals surface area contributed by atoms with Gasteiger partial charge in [-0.1, -0.05) is 0 Å². The standard InChI is InChI=1S/C14H15N3O3S/c1-8-14(9(2)20-17-8)10-6-12-11(4-3-5-16-12)13(7-10)21(15,18)19/h3-8,17H,1-2H3,(H2,15,18,19). The number of nitrogens with zero attached hydrogens (tertiary/aromatic N) is 1. The van der Waals surface area contributed by atoms with Crippen LogP contribution in [0.1, 0.15) is 19.4 Å². The Balaban J connectivity index is 2.34. The highest BCUT2D eigenvalue weighted by atomic mass is 32.2. The Labute approximate surface area is 122 Å². The number of hydroxylamine groups is 1. The average Bonchev–Trinajstić information content (AvgIpc) is 2.76. The monoisotopic (exact) mass is 305 g/mol. The predicted molar refractivity (Wildman–Crippen MR) is 79.4 cm³/mol. The number of hydrogen-bond donors (Lipinski definition) is 2. The summed E-state index contributed by atoms with van der Waals surface area (Å²) in [5.41, 5.74) is 5.06. The fraction of sp³-hybridized carbons (Fsp3) is 0.214. The van der Waals surface area contributed by atoms with Crippen molar-refractivity contribution in [2.75, 3.05) is 0 Å². The smallest absolute Gasteiger partial charge is 0.238 e. The van der Waals surface area contributed by atoms with Gasteiger partial charge in [0.05, 0.1) is 16.5 Å². The first-order chi connectivity index (χ1) is 9.88.